The maximum Gasteiger partial charge on any atom is 0.472 e. The van der Waals surface area contributed by atoms with E-state index >= 15 is 0 Å². The highest BCUT2D eigenvalue weighted by molar-refractivity contribution is 7.47. The highest BCUT2D eigenvalue weighted by Crippen LogP contribution is 2.43. The molecule has 0 aliphatic rings. The van der Waals surface area contributed by atoms with Gasteiger partial charge in [0.2, 0.25) is 5.91 Å². The largest absolute Gasteiger partial charge is 0.472 e. The number of hydrogen-bond acceptors (Lipinski definition) is 6. The van der Waals surface area contributed by atoms with E-state index in [0.717, 1.165) is 57.8 Å². The number of ether oxygens (including phenoxy) is 1. The molecule has 0 saturated carbocycles. The maximum atomic E-state index is 13.6. The van der Waals surface area contributed by atoms with Gasteiger partial charge < -0.3 is 19.4 Å². The van der Waals surface area contributed by atoms with Gasteiger partial charge in [-0.15, -0.1) is 0 Å². The molecule has 0 aromatic carbocycles. The summed E-state index contributed by atoms with van der Waals surface area (Å²) in [4.78, 5) is 37.8. The molecule has 0 rings (SSSR count). The van der Waals surface area contributed by atoms with Gasteiger partial charge in [-0.05, 0) is 31.8 Å². The monoisotopic (exact) mass is 1170 g/mol. The first-order valence-corrected chi connectivity index (χ1v) is 37.5. The zero-order valence-electron chi connectivity index (χ0n) is 55.3. The first-order valence-electron chi connectivity index (χ1n) is 36.0. The topological polar surface area (TPSA) is 111 Å². The number of allylic oxidation sites excluding steroid dienone is 1. The van der Waals surface area contributed by atoms with Gasteiger partial charge in [0.15, 0.2) is 0 Å². The minimum Gasteiger partial charge on any atom is -0.456 e. The van der Waals surface area contributed by atoms with Gasteiger partial charge >= 0.3 is 13.8 Å². The van der Waals surface area contributed by atoms with Gasteiger partial charge in [0.1, 0.15) is 19.3 Å². The van der Waals surface area contributed by atoms with E-state index in [1.807, 2.05) is 33.3 Å². The third kappa shape index (κ3) is 63.1. The Bertz CT molecular complexity index is 1390. The van der Waals surface area contributed by atoms with Gasteiger partial charge in [-0.25, -0.2) is 4.57 Å². The molecule has 0 bridgehead atoms. The van der Waals surface area contributed by atoms with Gasteiger partial charge in [-0.1, -0.05) is 348 Å². The lowest BCUT2D eigenvalue weighted by Gasteiger charge is -2.27. The summed E-state index contributed by atoms with van der Waals surface area (Å²) >= 11 is 0. The van der Waals surface area contributed by atoms with Crippen LogP contribution in [0.3, 0.4) is 0 Å². The fraction of sp³-hybridized carbons (Fsp3) is 0.944. The number of amides is 1. The van der Waals surface area contributed by atoms with Gasteiger partial charge in [-0.3, -0.25) is 18.6 Å². The van der Waals surface area contributed by atoms with Crippen LogP contribution in [0.2, 0.25) is 0 Å². The number of likely N-dealkylation sites (N-methyl/N-ethyl adjacent to an activating group) is 1. The Kier molecular flexibility index (Phi) is 60.9. The van der Waals surface area contributed by atoms with Crippen molar-refractivity contribution in [1.82, 2.24) is 5.32 Å². The summed E-state index contributed by atoms with van der Waals surface area (Å²) in [5, 5.41) is 3.08. The summed E-state index contributed by atoms with van der Waals surface area (Å²) in [5.41, 5.74) is 0. The molecule has 0 spiro atoms. The van der Waals surface area contributed by atoms with Gasteiger partial charge in [0.05, 0.1) is 33.8 Å². The maximum absolute atomic E-state index is 13.6. The number of rotatable bonds is 67. The molecule has 0 aliphatic carbocycles. The molecule has 1 amide bonds. The fourth-order valence-electron chi connectivity index (χ4n) is 11.2. The molecule has 10 heteroatoms. The second-order valence-corrected chi connectivity index (χ2v) is 27.6. The SMILES string of the molecule is CCCCCCCCCCC/C=C\C(OC(=O)CCCCCCCCCCCCCCCCCCC)C(COP(=O)(O)OCC[N+](C)(C)C)NC(=O)CCCCCCCCCCCCCCCCCCCCCCCCCCCCC. The van der Waals surface area contributed by atoms with Crippen LogP contribution in [0.5, 0.6) is 0 Å². The molecule has 0 heterocycles. The third-order valence-electron chi connectivity index (χ3n) is 16.7. The molecule has 3 unspecified atom stereocenters. The Morgan fingerprint density at radius 2 is 0.704 bits per heavy atom. The van der Waals surface area contributed by atoms with Gasteiger partial charge in [0, 0.05) is 12.8 Å². The Labute approximate surface area is 505 Å². The molecule has 0 radical (unpaired) electrons. The van der Waals surface area contributed by atoms with Crippen LogP contribution in [0.25, 0.3) is 0 Å². The number of carbonyl (C=O) groups is 2. The molecular formula is C71H142N2O7P+. The van der Waals surface area contributed by atoms with Crippen molar-refractivity contribution in [2.75, 3.05) is 40.9 Å². The summed E-state index contributed by atoms with van der Waals surface area (Å²) in [6, 6.07) is -0.840. The number of nitrogens with one attached hydrogen (secondary N) is 1. The van der Waals surface area contributed by atoms with E-state index in [4.69, 9.17) is 13.8 Å². The highest BCUT2D eigenvalue weighted by atomic mass is 31.2. The third-order valence-corrected chi connectivity index (χ3v) is 17.7. The molecule has 2 N–H and O–H groups in total. The number of carbonyl (C=O) groups excluding carboxylic acids is 2. The van der Waals surface area contributed by atoms with Crippen molar-refractivity contribution in [3.05, 3.63) is 12.2 Å². The lowest BCUT2D eigenvalue weighted by atomic mass is 10.0. The Hall–Kier alpha value is -1.25. The van der Waals surface area contributed by atoms with Crippen LogP contribution in [0.15, 0.2) is 12.2 Å². The van der Waals surface area contributed by atoms with E-state index in [2.05, 4.69) is 26.1 Å². The van der Waals surface area contributed by atoms with Crippen LogP contribution in [0, 0.1) is 0 Å². The number of hydrogen-bond donors (Lipinski definition) is 2. The van der Waals surface area contributed by atoms with Crippen LogP contribution in [0.1, 0.15) is 380 Å². The molecule has 0 aliphatic heterocycles. The van der Waals surface area contributed by atoms with Crippen LogP contribution in [-0.2, 0) is 27.9 Å². The number of quaternary nitrogens is 1. The van der Waals surface area contributed by atoms with Crippen molar-refractivity contribution >= 4 is 19.7 Å². The standard InChI is InChI=1S/C71H141N2O7P/c1-7-10-13-16-19-22-25-27-29-31-32-33-34-35-36-37-38-39-40-42-43-45-48-51-54-57-60-63-70(74)72-68(67-79-81(76,77)78-66-65-73(4,5)6)69(62-59-56-53-50-47-24-21-18-15-12-9-3)80-71(75)64-61-58-55-52-49-46-44-41-30-28-26-23-20-17-14-11-8-2/h59,62,68-69H,7-58,60-61,63-67H2,1-6H3,(H-,72,74,76,77)/p+1/b62-59-. The average molecular weight is 1170 g/mol. The first kappa shape index (κ1) is 79.8. The quantitative estimate of drug-likeness (QED) is 0.0205. The summed E-state index contributed by atoms with van der Waals surface area (Å²) < 4.78 is 30.8. The predicted octanol–water partition coefficient (Wildman–Crippen LogP) is 22.7. The van der Waals surface area contributed by atoms with Crippen LogP contribution >= 0.6 is 7.82 Å². The first-order chi connectivity index (χ1) is 39.4. The van der Waals surface area contributed by atoms with Crippen LogP contribution in [-0.4, -0.2) is 74.3 Å². The minimum absolute atomic E-state index is 0.0460. The normalized spacial score (nSPS) is 13.5. The molecule has 0 fully saturated rings. The van der Waals surface area contributed by atoms with E-state index < -0.39 is 20.0 Å². The van der Waals surface area contributed by atoms with Crippen molar-refractivity contribution in [3.8, 4) is 0 Å². The van der Waals surface area contributed by atoms with Gasteiger partial charge in [0.25, 0.3) is 0 Å². The van der Waals surface area contributed by atoms with Crippen molar-refractivity contribution in [3.63, 3.8) is 0 Å². The number of esters is 1. The Morgan fingerprint density at radius 1 is 0.420 bits per heavy atom. The fourth-order valence-corrected chi connectivity index (χ4v) is 11.9. The number of phosphoric acid groups is 1. The molecule has 482 valence electrons. The molecule has 3 atom stereocenters. The molecule has 0 aromatic rings. The second-order valence-electron chi connectivity index (χ2n) is 26.1. The average Bonchev–Trinajstić information content (AvgIpc) is 3.44. The highest BCUT2D eigenvalue weighted by Gasteiger charge is 2.30. The molecule has 81 heavy (non-hydrogen) atoms. The van der Waals surface area contributed by atoms with Crippen LogP contribution < -0.4 is 5.32 Å². The number of phosphoric ester groups is 1. The summed E-state index contributed by atoms with van der Waals surface area (Å²) in [6.07, 6.45) is 73.8. The minimum atomic E-state index is -4.44. The summed E-state index contributed by atoms with van der Waals surface area (Å²) in [7, 11) is 1.52. The van der Waals surface area contributed by atoms with Crippen molar-refractivity contribution in [1.29, 1.82) is 0 Å². The number of nitrogens with zero attached hydrogens (tertiary/aromatic N) is 1. The van der Waals surface area contributed by atoms with Crippen molar-refractivity contribution in [2.24, 2.45) is 0 Å². The molecule has 0 aromatic heterocycles. The van der Waals surface area contributed by atoms with E-state index in [1.54, 1.807) is 0 Å². The lowest BCUT2D eigenvalue weighted by molar-refractivity contribution is -0.870. The van der Waals surface area contributed by atoms with Crippen LogP contribution in [0.4, 0.5) is 0 Å². The smallest absolute Gasteiger partial charge is 0.456 e. The zero-order valence-corrected chi connectivity index (χ0v) is 56.2. The Morgan fingerprint density at radius 3 is 1.01 bits per heavy atom. The zero-order chi connectivity index (χ0) is 59.3. The summed E-state index contributed by atoms with van der Waals surface area (Å²) in [5.74, 6) is -0.478. The summed E-state index contributed by atoms with van der Waals surface area (Å²) in [6.45, 7) is 7.09. The molecule has 9 nitrogen and oxygen atoms in total. The van der Waals surface area contributed by atoms with E-state index in [1.165, 1.54) is 289 Å². The Balaban J connectivity index is 4.90. The number of unbranched alkanes of at least 4 members (excludes halogenated alkanes) is 51. The predicted molar refractivity (Wildman–Crippen MR) is 351 cm³/mol. The van der Waals surface area contributed by atoms with Crippen molar-refractivity contribution in [2.45, 2.75) is 392 Å². The molecular weight excluding hydrogens is 1020 g/mol. The molecule has 0 saturated heterocycles. The van der Waals surface area contributed by atoms with E-state index in [-0.39, 0.29) is 25.1 Å². The lowest BCUT2D eigenvalue weighted by Crippen LogP contribution is -2.47. The van der Waals surface area contributed by atoms with E-state index in [0.29, 0.717) is 23.9 Å². The van der Waals surface area contributed by atoms with Crippen molar-refractivity contribution < 1.29 is 37.3 Å². The second kappa shape index (κ2) is 61.8. The van der Waals surface area contributed by atoms with Gasteiger partial charge in [-0.2, -0.15) is 0 Å². The van der Waals surface area contributed by atoms with E-state index in [9.17, 15) is 19.0 Å².